The molecule has 0 heterocycles. The summed E-state index contributed by atoms with van der Waals surface area (Å²) in [6, 6.07) is 3.37. The van der Waals surface area contributed by atoms with Gasteiger partial charge in [-0.1, -0.05) is 20.8 Å². The molecule has 28 heavy (non-hydrogen) atoms. The molecule has 2 atom stereocenters. The largest absolute Gasteiger partial charge is 0.534 e. The van der Waals surface area contributed by atoms with E-state index in [1.807, 2.05) is 27.8 Å². The maximum atomic E-state index is 13.1. The van der Waals surface area contributed by atoms with E-state index in [9.17, 15) is 26.4 Å². The Morgan fingerprint density at radius 2 is 1.86 bits per heavy atom. The molecule has 0 amide bonds. The summed E-state index contributed by atoms with van der Waals surface area (Å²) in [5.41, 5.74) is -5.19. The van der Waals surface area contributed by atoms with Gasteiger partial charge in [0.05, 0.1) is 6.04 Å². The Balaban J connectivity index is 1.97. The number of carbonyl (C=O) groups excluding carboxylic acids is 1. The second kappa shape index (κ2) is 6.73. The summed E-state index contributed by atoms with van der Waals surface area (Å²) in [6.07, 6.45) is 2.32. The number of nitrogens with zero attached hydrogens (tertiary/aromatic N) is 1. The summed E-state index contributed by atoms with van der Waals surface area (Å²) < 4.78 is 64.7. The molecular formula is C19H24F3NO4S. The number of likely N-dealkylation sites (N-methyl/N-ethyl adjacent to an activating group) is 1. The van der Waals surface area contributed by atoms with Crippen LogP contribution < -0.4 is 4.18 Å². The number of carbonyl (C=O) groups is 1. The molecule has 2 aliphatic rings. The zero-order chi connectivity index (χ0) is 21.1. The Bertz CT molecular complexity index is 891. The predicted molar refractivity (Wildman–Crippen MR) is 97.7 cm³/mol. The van der Waals surface area contributed by atoms with Crippen molar-refractivity contribution in [2.75, 3.05) is 13.6 Å². The molecular weight excluding hydrogens is 395 g/mol. The number of hydrogen-bond donors (Lipinski definition) is 0. The fraction of sp³-hybridized carbons (Fsp3) is 0.632. The Hall–Kier alpha value is -1.61. The van der Waals surface area contributed by atoms with Gasteiger partial charge in [-0.15, -0.1) is 0 Å². The fourth-order valence-corrected chi connectivity index (χ4v) is 4.38. The van der Waals surface area contributed by atoms with Crippen molar-refractivity contribution in [2.45, 2.75) is 50.6 Å². The zero-order valence-electron chi connectivity index (χ0n) is 16.2. The summed E-state index contributed by atoms with van der Waals surface area (Å²) in [7, 11) is -3.84. The van der Waals surface area contributed by atoms with E-state index in [4.69, 9.17) is 0 Å². The summed E-state index contributed by atoms with van der Waals surface area (Å²) in [6.45, 7) is 6.58. The van der Waals surface area contributed by atoms with E-state index >= 15 is 0 Å². The molecule has 0 N–H and O–H groups in total. The quantitative estimate of drug-likeness (QED) is 0.538. The third kappa shape index (κ3) is 3.66. The first kappa shape index (κ1) is 21.1. The number of halogens is 3. The molecule has 0 spiro atoms. The normalized spacial score (nSPS) is 24.9. The molecule has 0 saturated heterocycles. The number of rotatable bonds is 5. The Labute approximate surface area is 163 Å². The molecule has 0 radical (unpaired) electrons. The minimum atomic E-state index is -5.77. The van der Waals surface area contributed by atoms with E-state index in [0.29, 0.717) is 17.0 Å². The van der Waals surface area contributed by atoms with Crippen LogP contribution in [0.4, 0.5) is 13.2 Å². The number of benzene rings is 1. The molecule has 9 heteroatoms. The number of ketones is 1. The minimum Gasteiger partial charge on any atom is -0.376 e. The highest BCUT2D eigenvalue weighted by Crippen LogP contribution is 2.45. The second-order valence-electron chi connectivity index (χ2n) is 8.39. The van der Waals surface area contributed by atoms with Crippen molar-refractivity contribution in [3.05, 3.63) is 29.3 Å². The molecule has 0 aliphatic heterocycles. The van der Waals surface area contributed by atoms with Crippen LogP contribution in [0.25, 0.3) is 0 Å². The molecule has 1 unspecified atom stereocenters. The molecule has 1 aromatic rings. The second-order valence-corrected chi connectivity index (χ2v) is 9.93. The number of hydrogen-bond acceptors (Lipinski definition) is 5. The summed E-state index contributed by atoms with van der Waals surface area (Å²) in [5, 5.41) is 0. The summed E-state index contributed by atoms with van der Waals surface area (Å²) in [5.74, 6) is -0.0623. The molecule has 0 bridgehead atoms. The SMILES string of the molecule is C[C@H]1C(N(C)CC2CC2)C(=O)c2ccc(OS(=O)(=O)C(F)(F)F)cc2C1(C)C. The van der Waals surface area contributed by atoms with Gasteiger partial charge in [0, 0.05) is 12.1 Å². The first-order valence-electron chi connectivity index (χ1n) is 9.15. The average molecular weight is 419 g/mol. The van der Waals surface area contributed by atoms with Crippen LogP contribution in [0.3, 0.4) is 0 Å². The van der Waals surface area contributed by atoms with Gasteiger partial charge in [-0.05, 0) is 60.9 Å². The summed E-state index contributed by atoms with van der Waals surface area (Å²) in [4.78, 5) is 15.2. The Morgan fingerprint density at radius 3 is 2.39 bits per heavy atom. The van der Waals surface area contributed by atoms with Crippen molar-refractivity contribution < 1.29 is 30.6 Å². The smallest absolute Gasteiger partial charge is 0.376 e. The van der Waals surface area contributed by atoms with Crippen LogP contribution in [-0.4, -0.2) is 44.2 Å². The van der Waals surface area contributed by atoms with Gasteiger partial charge < -0.3 is 4.18 Å². The van der Waals surface area contributed by atoms with Crippen molar-refractivity contribution >= 4 is 15.9 Å². The first-order chi connectivity index (χ1) is 12.8. The van der Waals surface area contributed by atoms with E-state index in [-0.39, 0.29) is 17.7 Å². The van der Waals surface area contributed by atoms with Crippen LogP contribution in [0.1, 0.15) is 49.5 Å². The molecule has 1 saturated carbocycles. The van der Waals surface area contributed by atoms with Crippen molar-refractivity contribution in [2.24, 2.45) is 11.8 Å². The van der Waals surface area contributed by atoms with Gasteiger partial charge in [0.1, 0.15) is 5.75 Å². The van der Waals surface area contributed by atoms with Gasteiger partial charge in [-0.3, -0.25) is 9.69 Å². The Morgan fingerprint density at radius 1 is 1.25 bits per heavy atom. The lowest BCUT2D eigenvalue weighted by molar-refractivity contribution is -0.0500. The van der Waals surface area contributed by atoms with E-state index < -0.39 is 26.8 Å². The van der Waals surface area contributed by atoms with Gasteiger partial charge in [0.25, 0.3) is 0 Å². The van der Waals surface area contributed by atoms with E-state index in [2.05, 4.69) is 9.08 Å². The monoisotopic (exact) mass is 419 g/mol. The van der Waals surface area contributed by atoms with Crippen LogP contribution >= 0.6 is 0 Å². The lowest BCUT2D eigenvalue weighted by Crippen LogP contribution is -2.53. The maximum Gasteiger partial charge on any atom is 0.534 e. The molecule has 1 fully saturated rings. The molecule has 5 nitrogen and oxygen atoms in total. The highest BCUT2D eigenvalue weighted by atomic mass is 32.2. The van der Waals surface area contributed by atoms with Crippen LogP contribution in [0, 0.1) is 11.8 Å². The first-order valence-corrected chi connectivity index (χ1v) is 10.6. The highest BCUT2D eigenvalue weighted by Gasteiger charge is 2.50. The van der Waals surface area contributed by atoms with E-state index in [1.54, 1.807) is 0 Å². The fourth-order valence-electron chi connectivity index (χ4n) is 3.93. The molecule has 2 aliphatic carbocycles. The number of fused-ring (bicyclic) bond motifs is 1. The minimum absolute atomic E-state index is 0.102. The molecule has 0 aromatic heterocycles. The molecule has 156 valence electrons. The van der Waals surface area contributed by atoms with Crippen LogP contribution in [0.5, 0.6) is 5.75 Å². The van der Waals surface area contributed by atoms with Crippen molar-refractivity contribution in [1.82, 2.24) is 4.90 Å². The van der Waals surface area contributed by atoms with E-state index in [0.717, 1.165) is 25.5 Å². The third-order valence-corrected chi connectivity index (χ3v) is 7.02. The van der Waals surface area contributed by atoms with E-state index in [1.165, 1.54) is 12.1 Å². The number of alkyl halides is 3. The zero-order valence-corrected chi connectivity index (χ0v) is 17.0. The molecule has 3 rings (SSSR count). The Kier molecular flexibility index (Phi) is 5.07. The van der Waals surface area contributed by atoms with Gasteiger partial charge in [0.2, 0.25) is 0 Å². The van der Waals surface area contributed by atoms with Crippen molar-refractivity contribution in [3.63, 3.8) is 0 Å². The average Bonchev–Trinajstić information content (AvgIpc) is 3.36. The van der Waals surface area contributed by atoms with Gasteiger partial charge >= 0.3 is 15.6 Å². The van der Waals surface area contributed by atoms with Gasteiger partial charge in [0.15, 0.2) is 5.78 Å². The van der Waals surface area contributed by atoms with Crippen LogP contribution in [0.2, 0.25) is 0 Å². The third-order valence-electron chi connectivity index (χ3n) is 6.04. The standard InChI is InChI=1S/C19H24F3NO4S/c1-11-16(23(4)10-12-5-6-12)17(24)14-8-7-13(9-15(14)18(11,2)3)27-28(25,26)19(20,21)22/h7-9,11-12,16H,5-6,10H2,1-4H3/t11-,16?/m0/s1. The summed E-state index contributed by atoms with van der Waals surface area (Å²) >= 11 is 0. The van der Waals surface area contributed by atoms with Crippen molar-refractivity contribution in [1.29, 1.82) is 0 Å². The molecule has 1 aromatic carbocycles. The van der Waals surface area contributed by atoms with Gasteiger partial charge in [-0.25, -0.2) is 0 Å². The number of Topliss-reactive ketones (excluding diaryl/α,β-unsaturated/α-hetero) is 1. The lowest BCUT2D eigenvalue weighted by atomic mass is 9.63. The van der Waals surface area contributed by atoms with Gasteiger partial charge in [-0.2, -0.15) is 21.6 Å². The van der Waals surface area contributed by atoms with Crippen LogP contribution in [-0.2, 0) is 15.5 Å². The topological polar surface area (TPSA) is 63.7 Å². The highest BCUT2D eigenvalue weighted by molar-refractivity contribution is 7.88. The van der Waals surface area contributed by atoms with Crippen molar-refractivity contribution in [3.8, 4) is 5.75 Å². The maximum absolute atomic E-state index is 13.1. The lowest BCUT2D eigenvalue weighted by Gasteiger charge is -2.46. The van der Waals surface area contributed by atoms with Crippen LogP contribution in [0.15, 0.2) is 18.2 Å². The predicted octanol–water partition coefficient (Wildman–Crippen LogP) is 3.74.